The second-order valence-electron chi connectivity index (χ2n) is 2.65. The summed E-state index contributed by atoms with van der Waals surface area (Å²) in [5, 5.41) is 1.32. The van der Waals surface area contributed by atoms with Gasteiger partial charge >= 0.3 is 0 Å². The molecule has 0 aliphatic heterocycles. The number of ether oxygens (including phenoxy) is 1. The molecule has 2 aromatic rings. The molecule has 1 aromatic carbocycles. The molecule has 0 unspecified atom stereocenters. The van der Waals surface area contributed by atoms with Crippen LogP contribution >= 0.6 is 45.5 Å². The van der Waals surface area contributed by atoms with E-state index in [9.17, 15) is 0 Å². The maximum Gasteiger partial charge on any atom is 0.275 e. The number of halogens is 2. The van der Waals surface area contributed by atoms with Crippen LogP contribution in [-0.2, 0) is 0 Å². The largest absolute Gasteiger partial charge is 0.457 e. The first-order valence-corrected chi connectivity index (χ1v) is 6.34. The zero-order valence-electron chi connectivity index (χ0n) is 7.46. The number of hydrogen-bond donors (Lipinski definition) is 0. The molecule has 0 atom stereocenters. The van der Waals surface area contributed by atoms with E-state index in [4.69, 9.17) is 16.3 Å². The van der Waals surface area contributed by atoms with E-state index in [0.29, 0.717) is 16.8 Å². The number of aromatic nitrogens is 1. The number of hydrogen-bond acceptors (Lipinski definition) is 3. The van der Waals surface area contributed by atoms with Crippen LogP contribution in [0.3, 0.4) is 0 Å². The van der Waals surface area contributed by atoms with Gasteiger partial charge in [0.05, 0.1) is 10.2 Å². The van der Waals surface area contributed by atoms with Gasteiger partial charge in [0.2, 0.25) is 0 Å². The molecule has 1 heterocycles. The first-order valence-electron chi connectivity index (χ1n) is 4.07. The highest BCUT2D eigenvalue weighted by atomic mass is 127. The van der Waals surface area contributed by atoms with E-state index in [1.54, 1.807) is 0 Å². The molecule has 0 amide bonds. The summed E-state index contributed by atoms with van der Waals surface area (Å²) in [5.41, 5.74) is 0.866. The lowest BCUT2D eigenvalue weighted by molar-refractivity contribution is 0.369. The molecule has 0 aliphatic rings. The Bertz CT molecular complexity index is 543. The van der Waals surface area contributed by atoms with Gasteiger partial charge in [-0.1, -0.05) is 28.9 Å². The average Bonchev–Trinajstić information content (AvgIpc) is 2.60. The zero-order chi connectivity index (χ0) is 10.7. The molecule has 2 nitrogen and oxygen atoms in total. The van der Waals surface area contributed by atoms with E-state index < -0.39 is 0 Å². The standard InChI is InChI=1S/C10H5ClINOS/c11-7-2-3-9-8(6-7)13-10(15-9)14-5-1-4-12/h2-3,6H,5H2. The molecule has 15 heavy (non-hydrogen) atoms. The molecule has 0 spiro atoms. The van der Waals surface area contributed by atoms with Crippen molar-refractivity contribution < 1.29 is 4.74 Å². The summed E-state index contributed by atoms with van der Waals surface area (Å²) in [4.78, 5) is 4.29. The minimum atomic E-state index is 0.372. The molecule has 1 aromatic heterocycles. The SMILES string of the molecule is Clc1ccc2sc(OCC#CI)nc2c1. The molecule has 0 saturated carbocycles. The van der Waals surface area contributed by atoms with Crippen molar-refractivity contribution in [3.8, 4) is 15.0 Å². The van der Waals surface area contributed by atoms with E-state index in [1.165, 1.54) is 11.3 Å². The first-order chi connectivity index (χ1) is 7.29. The molecule has 0 N–H and O–H groups in total. The molecule has 0 bridgehead atoms. The van der Waals surface area contributed by atoms with E-state index in [1.807, 2.05) is 40.8 Å². The summed E-state index contributed by atoms with van der Waals surface area (Å²) in [6, 6.07) is 5.60. The Morgan fingerprint density at radius 1 is 1.53 bits per heavy atom. The van der Waals surface area contributed by atoms with Crippen LogP contribution in [0.2, 0.25) is 5.02 Å². The Hall–Kier alpha value is -0.510. The van der Waals surface area contributed by atoms with Crippen LogP contribution in [0.4, 0.5) is 0 Å². The summed E-state index contributed by atoms with van der Waals surface area (Å²) >= 11 is 9.32. The number of thiazole rings is 1. The molecular weight excluding hydrogens is 345 g/mol. The molecule has 0 saturated heterocycles. The van der Waals surface area contributed by atoms with Crippen molar-refractivity contribution >= 4 is 55.7 Å². The van der Waals surface area contributed by atoms with Crippen molar-refractivity contribution in [1.82, 2.24) is 4.98 Å². The number of rotatable bonds is 2. The number of nitrogens with zero attached hydrogens (tertiary/aromatic N) is 1. The maximum absolute atomic E-state index is 5.86. The van der Waals surface area contributed by atoms with Gasteiger partial charge in [-0.2, -0.15) is 0 Å². The summed E-state index contributed by atoms with van der Waals surface area (Å²) in [5.74, 6) is 2.81. The summed E-state index contributed by atoms with van der Waals surface area (Å²) in [6.07, 6.45) is 0. The topological polar surface area (TPSA) is 22.1 Å². The molecule has 5 heteroatoms. The fourth-order valence-corrected chi connectivity index (χ4v) is 2.18. The molecular formula is C10H5ClINOS. The second-order valence-corrected chi connectivity index (χ2v) is 4.62. The predicted octanol–water partition coefficient (Wildman–Crippen LogP) is 3.72. The van der Waals surface area contributed by atoms with Gasteiger partial charge in [0, 0.05) is 27.6 Å². The third-order valence-corrected chi connectivity index (χ3v) is 3.23. The fraction of sp³-hybridized carbons (Fsp3) is 0.100. The first kappa shape index (κ1) is 11.0. The van der Waals surface area contributed by atoms with Crippen molar-refractivity contribution in [2.24, 2.45) is 0 Å². The Balaban J connectivity index is 2.25. The lowest BCUT2D eigenvalue weighted by Gasteiger charge is -1.92. The lowest BCUT2D eigenvalue weighted by atomic mass is 10.3. The summed E-state index contributed by atoms with van der Waals surface area (Å²) < 4.78 is 9.16. The number of fused-ring (bicyclic) bond motifs is 1. The summed E-state index contributed by atoms with van der Waals surface area (Å²) in [7, 11) is 0. The lowest BCUT2D eigenvalue weighted by Crippen LogP contribution is -1.91. The van der Waals surface area contributed by atoms with Gasteiger partial charge < -0.3 is 4.74 Å². The maximum atomic E-state index is 5.86. The van der Waals surface area contributed by atoms with E-state index >= 15 is 0 Å². The normalized spacial score (nSPS) is 9.73. The quantitative estimate of drug-likeness (QED) is 0.609. The van der Waals surface area contributed by atoms with Gasteiger partial charge in [-0.15, -0.1) is 0 Å². The molecule has 0 radical (unpaired) electrons. The zero-order valence-corrected chi connectivity index (χ0v) is 11.2. The predicted molar refractivity (Wildman–Crippen MR) is 71.9 cm³/mol. The monoisotopic (exact) mass is 349 g/mol. The Morgan fingerprint density at radius 2 is 2.40 bits per heavy atom. The minimum absolute atomic E-state index is 0.372. The van der Waals surface area contributed by atoms with Crippen LogP contribution in [0.1, 0.15) is 0 Å². The molecule has 76 valence electrons. The minimum Gasteiger partial charge on any atom is -0.457 e. The van der Waals surface area contributed by atoms with E-state index in [0.717, 1.165) is 10.2 Å². The molecule has 0 fully saturated rings. The molecule has 2 rings (SSSR count). The highest BCUT2D eigenvalue weighted by Gasteiger charge is 2.04. The third kappa shape index (κ3) is 2.74. The van der Waals surface area contributed by atoms with Crippen molar-refractivity contribution in [3.05, 3.63) is 23.2 Å². The van der Waals surface area contributed by atoms with Gasteiger partial charge in [-0.25, -0.2) is 4.98 Å². The highest BCUT2D eigenvalue weighted by molar-refractivity contribution is 14.1. The fourth-order valence-electron chi connectivity index (χ4n) is 1.07. The molecule has 0 aliphatic carbocycles. The van der Waals surface area contributed by atoms with Crippen LogP contribution in [-0.4, -0.2) is 11.6 Å². The average molecular weight is 350 g/mol. The van der Waals surface area contributed by atoms with Crippen molar-refractivity contribution in [3.63, 3.8) is 0 Å². The number of benzene rings is 1. The Labute approximate surface area is 110 Å². The van der Waals surface area contributed by atoms with Crippen molar-refractivity contribution in [2.75, 3.05) is 6.61 Å². The van der Waals surface area contributed by atoms with Gasteiger partial charge in [-0.05, 0) is 22.1 Å². The van der Waals surface area contributed by atoms with Crippen molar-refractivity contribution in [2.45, 2.75) is 0 Å². The Morgan fingerprint density at radius 3 is 3.20 bits per heavy atom. The van der Waals surface area contributed by atoms with E-state index in [-0.39, 0.29) is 0 Å². The smallest absolute Gasteiger partial charge is 0.275 e. The van der Waals surface area contributed by atoms with Crippen LogP contribution in [0.15, 0.2) is 18.2 Å². The van der Waals surface area contributed by atoms with Crippen molar-refractivity contribution in [1.29, 1.82) is 0 Å². The van der Waals surface area contributed by atoms with Gasteiger partial charge in [0.1, 0.15) is 0 Å². The van der Waals surface area contributed by atoms with Crippen LogP contribution < -0.4 is 4.74 Å². The van der Waals surface area contributed by atoms with Crippen LogP contribution in [0.25, 0.3) is 10.2 Å². The Kier molecular flexibility index (Phi) is 3.67. The van der Waals surface area contributed by atoms with Gasteiger partial charge in [0.15, 0.2) is 6.61 Å². The highest BCUT2D eigenvalue weighted by Crippen LogP contribution is 2.29. The van der Waals surface area contributed by atoms with E-state index in [2.05, 4.69) is 14.8 Å². The van der Waals surface area contributed by atoms with Crippen LogP contribution in [0.5, 0.6) is 5.19 Å². The van der Waals surface area contributed by atoms with Crippen LogP contribution in [0, 0.1) is 9.85 Å². The second kappa shape index (κ2) is 5.01. The van der Waals surface area contributed by atoms with Gasteiger partial charge in [0.25, 0.3) is 5.19 Å². The van der Waals surface area contributed by atoms with Gasteiger partial charge in [-0.3, -0.25) is 0 Å². The summed E-state index contributed by atoms with van der Waals surface area (Å²) in [6.45, 7) is 0.372. The third-order valence-electron chi connectivity index (χ3n) is 1.66.